The molecule has 2 N–H and O–H groups in total. The van der Waals surface area contributed by atoms with Crippen molar-refractivity contribution in [3.8, 4) is 22.8 Å². The quantitative estimate of drug-likeness (QED) is 0.544. The minimum absolute atomic E-state index is 0.313. The van der Waals surface area contributed by atoms with Crippen molar-refractivity contribution in [3.05, 3.63) is 60.4 Å². The number of nitrogens with zero attached hydrogens (tertiary/aromatic N) is 3. The van der Waals surface area contributed by atoms with Gasteiger partial charge in [0.1, 0.15) is 17.7 Å². The zero-order valence-corrected chi connectivity index (χ0v) is 17.6. The van der Waals surface area contributed by atoms with E-state index in [9.17, 15) is 18.0 Å². The van der Waals surface area contributed by atoms with Gasteiger partial charge in [-0.3, -0.25) is 5.43 Å². The van der Waals surface area contributed by atoms with Crippen LogP contribution in [-0.4, -0.2) is 32.8 Å². The van der Waals surface area contributed by atoms with E-state index in [4.69, 9.17) is 4.74 Å². The average Bonchev–Trinajstić information content (AvgIpc) is 3.17. The molecule has 0 radical (unpaired) electrons. The Balaban J connectivity index is 1.57. The first-order valence-electron chi connectivity index (χ1n) is 9.57. The predicted octanol–water partition coefficient (Wildman–Crippen LogP) is 4.36. The molecule has 8 nitrogen and oxygen atoms in total. The van der Waals surface area contributed by atoms with Gasteiger partial charge >= 0.3 is 12.5 Å². The van der Waals surface area contributed by atoms with Gasteiger partial charge in [-0.25, -0.2) is 19.9 Å². The number of nitrogens with one attached hydrogen (secondary N) is 2. The van der Waals surface area contributed by atoms with E-state index in [1.165, 1.54) is 35.3 Å². The molecule has 0 fully saturated rings. The maximum Gasteiger partial charge on any atom is 0.573 e. The first-order chi connectivity index (χ1) is 15.0. The lowest BCUT2D eigenvalue weighted by molar-refractivity contribution is -0.274. The van der Waals surface area contributed by atoms with Crippen LogP contribution in [0.2, 0.25) is 0 Å². The molecule has 170 valence electrons. The van der Waals surface area contributed by atoms with Gasteiger partial charge in [0.15, 0.2) is 5.82 Å². The average molecular weight is 449 g/mol. The van der Waals surface area contributed by atoms with Crippen LogP contribution in [0.1, 0.15) is 26.3 Å². The fourth-order valence-electron chi connectivity index (χ4n) is 2.61. The van der Waals surface area contributed by atoms with Crippen LogP contribution in [0.15, 0.2) is 54.9 Å². The molecule has 0 saturated heterocycles. The van der Waals surface area contributed by atoms with Crippen molar-refractivity contribution >= 4 is 6.09 Å². The lowest BCUT2D eigenvalue weighted by Gasteiger charge is -2.19. The molecule has 3 rings (SSSR count). The Hall–Kier alpha value is -3.60. The van der Waals surface area contributed by atoms with Crippen molar-refractivity contribution in [1.82, 2.24) is 25.6 Å². The summed E-state index contributed by atoms with van der Waals surface area (Å²) in [4.78, 5) is 15.9. The molecule has 0 spiro atoms. The molecule has 0 atom stereocenters. The maximum absolute atomic E-state index is 12.3. The summed E-state index contributed by atoms with van der Waals surface area (Å²) in [6, 6.07) is 12.7. The van der Waals surface area contributed by atoms with E-state index in [0.29, 0.717) is 18.1 Å². The molecule has 1 amide bonds. The summed E-state index contributed by atoms with van der Waals surface area (Å²) in [5, 5.41) is 4.36. The molecule has 32 heavy (non-hydrogen) atoms. The van der Waals surface area contributed by atoms with Crippen LogP contribution in [0.3, 0.4) is 0 Å². The standard InChI is InChI=1S/C21H22F3N5O3/c1-20(2,3)32-19(30)27-26-12-14-4-6-15(7-5-14)18-25-13-29(28-18)16-8-10-17(11-9-16)31-21(22,23)24/h4-11,13,26H,12H2,1-3H3,(H,27,30). The number of hydrazine groups is 1. The van der Waals surface area contributed by atoms with Crippen molar-refractivity contribution in [3.63, 3.8) is 0 Å². The summed E-state index contributed by atoms with van der Waals surface area (Å²) < 4.78 is 47.3. The second kappa shape index (κ2) is 9.27. The SMILES string of the molecule is CC(C)(C)OC(=O)NNCc1ccc(-c2ncn(-c3ccc(OC(F)(F)F)cc3)n2)cc1. The number of amides is 1. The summed E-state index contributed by atoms with van der Waals surface area (Å²) in [6.45, 7) is 5.71. The highest BCUT2D eigenvalue weighted by Crippen LogP contribution is 2.24. The van der Waals surface area contributed by atoms with Gasteiger partial charge < -0.3 is 9.47 Å². The zero-order valence-electron chi connectivity index (χ0n) is 17.6. The monoisotopic (exact) mass is 449 g/mol. The Bertz CT molecular complexity index is 1040. The fourth-order valence-corrected chi connectivity index (χ4v) is 2.61. The molecule has 1 heterocycles. The van der Waals surface area contributed by atoms with E-state index in [1.54, 1.807) is 20.8 Å². The van der Waals surface area contributed by atoms with Gasteiger partial charge in [-0.05, 0) is 50.6 Å². The summed E-state index contributed by atoms with van der Waals surface area (Å²) >= 11 is 0. The van der Waals surface area contributed by atoms with Crippen molar-refractivity contribution in [1.29, 1.82) is 0 Å². The number of alkyl halides is 3. The van der Waals surface area contributed by atoms with Crippen molar-refractivity contribution in [2.75, 3.05) is 0 Å². The number of benzene rings is 2. The Morgan fingerprint density at radius 2 is 1.69 bits per heavy atom. The maximum atomic E-state index is 12.3. The molecule has 1 aromatic heterocycles. The normalized spacial score (nSPS) is 11.8. The van der Waals surface area contributed by atoms with Crippen LogP contribution in [0.4, 0.5) is 18.0 Å². The Morgan fingerprint density at radius 1 is 1.03 bits per heavy atom. The number of halogens is 3. The highest BCUT2D eigenvalue weighted by molar-refractivity contribution is 5.67. The van der Waals surface area contributed by atoms with Crippen molar-refractivity contribution in [2.24, 2.45) is 0 Å². The molecule has 0 bridgehead atoms. The first kappa shape index (κ1) is 23.1. The fraction of sp³-hybridized carbons (Fsp3) is 0.286. The van der Waals surface area contributed by atoms with E-state index in [0.717, 1.165) is 11.1 Å². The number of ether oxygens (including phenoxy) is 2. The topological polar surface area (TPSA) is 90.3 Å². The Labute approximate surface area is 182 Å². The smallest absolute Gasteiger partial charge is 0.443 e. The second-order valence-electron chi connectivity index (χ2n) is 7.73. The van der Waals surface area contributed by atoms with Crippen LogP contribution in [0.25, 0.3) is 17.1 Å². The van der Waals surface area contributed by atoms with Crippen LogP contribution < -0.4 is 15.6 Å². The van der Waals surface area contributed by atoms with E-state index >= 15 is 0 Å². The molecule has 11 heteroatoms. The van der Waals surface area contributed by atoms with Gasteiger partial charge in [0.2, 0.25) is 0 Å². The third-order valence-corrected chi connectivity index (χ3v) is 3.92. The summed E-state index contributed by atoms with van der Waals surface area (Å²) in [5.41, 5.74) is 6.86. The van der Waals surface area contributed by atoms with E-state index in [2.05, 4.69) is 25.7 Å². The number of hydrogen-bond donors (Lipinski definition) is 2. The minimum atomic E-state index is -4.74. The number of aromatic nitrogens is 3. The number of hydrogen-bond acceptors (Lipinski definition) is 6. The zero-order chi connectivity index (χ0) is 23.4. The van der Waals surface area contributed by atoms with Crippen LogP contribution in [0.5, 0.6) is 5.75 Å². The highest BCUT2D eigenvalue weighted by atomic mass is 19.4. The molecule has 0 saturated carbocycles. The van der Waals surface area contributed by atoms with E-state index in [-0.39, 0.29) is 5.75 Å². The van der Waals surface area contributed by atoms with E-state index < -0.39 is 18.1 Å². The third kappa shape index (κ3) is 6.98. The summed E-state index contributed by atoms with van der Waals surface area (Å²) in [7, 11) is 0. The lowest BCUT2D eigenvalue weighted by atomic mass is 10.1. The highest BCUT2D eigenvalue weighted by Gasteiger charge is 2.31. The summed E-state index contributed by atoms with van der Waals surface area (Å²) in [5.74, 6) is 0.138. The van der Waals surface area contributed by atoms with Crippen molar-refractivity contribution < 1.29 is 27.4 Å². The van der Waals surface area contributed by atoms with E-state index in [1.807, 2.05) is 24.3 Å². The second-order valence-corrected chi connectivity index (χ2v) is 7.73. The Morgan fingerprint density at radius 3 is 2.28 bits per heavy atom. The van der Waals surface area contributed by atoms with Gasteiger partial charge in [0.25, 0.3) is 0 Å². The lowest BCUT2D eigenvalue weighted by Crippen LogP contribution is -2.40. The predicted molar refractivity (Wildman–Crippen MR) is 110 cm³/mol. The largest absolute Gasteiger partial charge is 0.573 e. The third-order valence-electron chi connectivity index (χ3n) is 3.92. The minimum Gasteiger partial charge on any atom is -0.443 e. The van der Waals surface area contributed by atoms with Gasteiger partial charge in [-0.15, -0.1) is 18.3 Å². The molecular weight excluding hydrogens is 427 g/mol. The molecule has 0 aliphatic carbocycles. The van der Waals surface area contributed by atoms with Crippen molar-refractivity contribution in [2.45, 2.75) is 39.3 Å². The van der Waals surface area contributed by atoms with Gasteiger partial charge in [-0.1, -0.05) is 24.3 Å². The van der Waals surface area contributed by atoms with Crippen LogP contribution in [-0.2, 0) is 11.3 Å². The molecule has 0 unspecified atom stereocenters. The van der Waals surface area contributed by atoms with Gasteiger partial charge in [0, 0.05) is 12.1 Å². The van der Waals surface area contributed by atoms with Gasteiger partial charge in [0.05, 0.1) is 5.69 Å². The molecule has 2 aromatic carbocycles. The molecule has 0 aliphatic rings. The number of carbonyl (C=O) groups is 1. The van der Waals surface area contributed by atoms with Gasteiger partial charge in [-0.2, -0.15) is 0 Å². The van der Waals surface area contributed by atoms with Crippen LogP contribution >= 0.6 is 0 Å². The van der Waals surface area contributed by atoms with Crippen LogP contribution in [0, 0.1) is 0 Å². The molecule has 3 aromatic rings. The molecule has 0 aliphatic heterocycles. The molecular formula is C21H22F3N5O3. The number of rotatable bonds is 6. The summed E-state index contributed by atoms with van der Waals surface area (Å²) in [6.07, 6.45) is -3.84. The first-order valence-corrected chi connectivity index (χ1v) is 9.57. The number of carbonyl (C=O) groups excluding carboxylic acids is 1. The Kier molecular flexibility index (Phi) is 6.68.